The summed E-state index contributed by atoms with van der Waals surface area (Å²) in [5.41, 5.74) is 0. The predicted molar refractivity (Wildman–Crippen MR) is 69.5 cm³/mol. The molecular weight excluding hydrogens is 200 g/mol. The summed E-state index contributed by atoms with van der Waals surface area (Å²) in [6, 6.07) is 0.560. The minimum Gasteiger partial charge on any atom is -0.349 e. The van der Waals surface area contributed by atoms with Crippen molar-refractivity contribution in [2.24, 2.45) is 5.92 Å². The van der Waals surface area contributed by atoms with E-state index >= 15 is 0 Å². The zero-order chi connectivity index (χ0) is 12.6. The number of hydrogen-bond donors (Lipinski definition) is 1. The van der Waals surface area contributed by atoms with Gasteiger partial charge in [0.25, 0.3) is 0 Å². The smallest absolute Gasteiger partial charge is 0.223 e. The van der Waals surface area contributed by atoms with Gasteiger partial charge < -0.3 is 10.2 Å². The number of carbonyl (C=O) groups is 1. The number of hydrogen-bond acceptors (Lipinski definition) is 2. The van der Waals surface area contributed by atoms with Gasteiger partial charge in [0.1, 0.15) is 0 Å². The van der Waals surface area contributed by atoms with Crippen molar-refractivity contribution in [1.29, 1.82) is 0 Å². The molecule has 0 bridgehead atoms. The fourth-order valence-electron chi connectivity index (χ4n) is 1.65. The Balaban J connectivity index is 3.75. The van der Waals surface area contributed by atoms with Gasteiger partial charge in [0.05, 0.1) is 0 Å². The van der Waals surface area contributed by atoms with Crippen molar-refractivity contribution in [2.75, 3.05) is 20.6 Å². The molecule has 3 heteroatoms. The molecule has 0 radical (unpaired) electrons. The quantitative estimate of drug-likeness (QED) is 0.691. The van der Waals surface area contributed by atoms with E-state index in [0.29, 0.717) is 12.5 Å². The Labute approximate surface area is 101 Å². The van der Waals surface area contributed by atoms with Crippen LogP contribution < -0.4 is 5.32 Å². The minimum atomic E-state index is 0.200. The van der Waals surface area contributed by atoms with Crippen LogP contribution in [0, 0.1) is 5.92 Å². The molecular formula is C13H28N2O. The molecule has 0 saturated heterocycles. The Morgan fingerprint density at radius 1 is 1.25 bits per heavy atom. The van der Waals surface area contributed by atoms with Gasteiger partial charge in [-0.25, -0.2) is 0 Å². The maximum absolute atomic E-state index is 11.4. The summed E-state index contributed by atoms with van der Waals surface area (Å²) in [5, 5.41) is 3.47. The van der Waals surface area contributed by atoms with E-state index in [4.69, 9.17) is 0 Å². The molecule has 0 aromatic heterocycles. The average molecular weight is 228 g/mol. The molecule has 0 rings (SSSR count). The van der Waals surface area contributed by atoms with Crippen LogP contribution in [-0.4, -0.2) is 37.5 Å². The first kappa shape index (κ1) is 15.4. The number of carbonyl (C=O) groups excluding carboxylic acids is 1. The molecule has 0 spiro atoms. The average Bonchev–Trinajstić information content (AvgIpc) is 2.26. The van der Waals surface area contributed by atoms with Crippen LogP contribution in [0.4, 0.5) is 0 Å². The van der Waals surface area contributed by atoms with Crippen LogP contribution in [0.25, 0.3) is 0 Å². The largest absolute Gasteiger partial charge is 0.349 e. The second-order valence-corrected chi connectivity index (χ2v) is 4.85. The van der Waals surface area contributed by atoms with Crippen molar-refractivity contribution in [1.82, 2.24) is 10.2 Å². The molecule has 0 aromatic carbocycles. The van der Waals surface area contributed by atoms with Crippen LogP contribution in [0.1, 0.15) is 46.5 Å². The van der Waals surface area contributed by atoms with E-state index in [0.717, 1.165) is 18.9 Å². The summed E-state index contributed by atoms with van der Waals surface area (Å²) in [5.74, 6) is 0.966. The maximum Gasteiger partial charge on any atom is 0.223 e. The molecule has 16 heavy (non-hydrogen) atoms. The van der Waals surface area contributed by atoms with E-state index in [1.54, 1.807) is 19.0 Å². The van der Waals surface area contributed by atoms with Gasteiger partial charge in [0, 0.05) is 33.1 Å². The van der Waals surface area contributed by atoms with Gasteiger partial charge in [-0.1, -0.05) is 27.2 Å². The zero-order valence-electron chi connectivity index (χ0n) is 11.5. The van der Waals surface area contributed by atoms with E-state index in [2.05, 4.69) is 26.1 Å². The summed E-state index contributed by atoms with van der Waals surface area (Å²) in [4.78, 5) is 13.0. The normalized spacial score (nSPS) is 14.6. The van der Waals surface area contributed by atoms with Gasteiger partial charge in [-0.15, -0.1) is 0 Å². The molecule has 0 saturated carbocycles. The molecule has 0 aliphatic rings. The van der Waals surface area contributed by atoms with Crippen molar-refractivity contribution in [3.8, 4) is 0 Å². The van der Waals surface area contributed by atoms with Gasteiger partial charge in [0.2, 0.25) is 5.91 Å². The lowest BCUT2D eigenvalue weighted by Crippen LogP contribution is -2.34. The second kappa shape index (κ2) is 8.57. The summed E-state index contributed by atoms with van der Waals surface area (Å²) >= 11 is 0. The van der Waals surface area contributed by atoms with E-state index in [1.807, 2.05) is 0 Å². The van der Waals surface area contributed by atoms with Gasteiger partial charge in [0.15, 0.2) is 0 Å². The first-order valence-electron chi connectivity index (χ1n) is 6.44. The van der Waals surface area contributed by atoms with Gasteiger partial charge in [-0.2, -0.15) is 0 Å². The molecule has 0 fully saturated rings. The van der Waals surface area contributed by atoms with Crippen LogP contribution in [-0.2, 0) is 4.79 Å². The summed E-state index contributed by atoms with van der Waals surface area (Å²) in [6.07, 6.45) is 4.18. The molecule has 2 atom stereocenters. The Morgan fingerprint density at radius 2 is 1.88 bits per heavy atom. The number of rotatable bonds is 8. The Hall–Kier alpha value is -0.570. The summed E-state index contributed by atoms with van der Waals surface area (Å²) in [7, 11) is 3.61. The van der Waals surface area contributed by atoms with Crippen LogP contribution in [0.5, 0.6) is 0 Å². The standard InChI is InChI=1S/C13H28N2O/c1-6-11(3)10-12(7-2)14-9-8-13(16)15(4)5/h11-12,14H,6-10H2,1-5H3. The van der Waals surface area contributed by atoms with Crippen LogP contribution in [0.3, 0.4) is 0 Å². The summed E-state index contributed by atoms with van der Waals surface area (Å²) < 4.78 is 0. The molecule has 0 aliphatic carbocycles. The first-order valence-corrected chi connectivity index (χ1v) is 6.44. The fraction of sp³-hybridized carbons (Fsp3) is 0.923. The highest BCUT2D eigenvalue weighted by atomic mass is 16.2. The monoisotopic (exact) mass is 228 g/mol. The van der Waals surface area contributed by atoms with Crippen molar-refractivity contribution in [3.05, 3.63) is 0 Å². The predicted octanol–water partition coefficient (Wildman–Crippen LogP) is 2.27. The van der Waals surface area contributed by atoms with Crippen LogP contribution in [0.15, 0.2) is 0 Å². The van der Waals surface area contributed by atoms with Crippen molar-refractivity contribution >= 4 is 5.91 Å². The van der Waals surface area contributed by atoms with Crippen LogP contribution in [0.2, 0.25) is 0 Å². The van der Waals surface area contributed by atoms with Crippen LogP contribution >= 0.6 is 0 Å². The zero-order valence-corrected chi connectivity index (χ0v) is 11.5. The lowest BCUT2D eigenvalue weighted by atomic mass is 9.98. The van der Waals surface area contributed by atoms with E-state index in [-0.39, 0.29) is 5.91 Å². The topological polar surface area (TPSA) is 32.3 Å². The van der Waals surface area contributed by atoms with Crippen molar-refractivity contribution in [2.45, 2.75) is 52.5 Å². The van der Waals surface area contributed by atoms with Crippen molar-refractivity contribution in [3.63, 3.8) is 0 Å². The number of nitrogens with zero attached hydrogens (tertiary/aromatic N) is 1. The second-order valence-electron chi connectivity index (χ2n) is 4.85. The summed E-state index contributed by atoms with van der Waals surface area (Å²) in [6.45, 7) is 7.52. The number of nitrogens with one attached hydrogen (secondary N) is 1. The molecule has 0 heterocycles. The molecule has 2 unspecified atom stereocenters. The highest BCUT2D eigenvalue weighted by Crippen LogP contribution is 2.11. The third-order valence-corrected chi connectivity index (χ3v) is 3.15. The molecule has 1 N–H and O–H groups in total. The van der Waals surface area contributed by atoms with E-state index in [9.17, 15) is 4.79 Å². The molecule has 0 aliphatic heterocycles. The van der Waals surface area contributed by atoms with E-state index < -0.39 is 0 Å². The molecule has 0 aromatic rings. The molecule has 96 valence electrons. The highest BCUT2D eigenvalue weighted by Gasteiger charge is 2.10. The fourth-order valence-corrected chi connectivity index (χ4v) is 1.65. The van der Waals surface area contributed by atoms with Gasteiger partial charge in [-0.3, -0.25) is 4.79 Å². The third-order valence-electron chi connectivity index (χ3n) is 3.15. The Bertz CT molecular complexity index is 192. The van der Waals surface area contributed by atoms with E-state index in [1.165, 1.54) is 12.8 Å². The number of amides is 1. The SMILES string of the molecule is CCC(C)CC(CC)NCCC(=O)N(C)C. The lowest BCUT2D eigenvalue weighted by molar-refractivity contribution is -0.128. The highest BCUT2D eigenvalue weighted by molar-refractivity contribution is 5.75. The maximum atomic E-state index is 11.4. The van der Waals surface area contributed by atoms with Gasteiger partial charge >= 0.3 is 0 Å². The Morgan fingerprint density at radius 3 is 2.31 bits per heavy atom. The third kappa shape index (κ3) is 6.83. The lowest BCUT2D eigenvalue weighted by Gasteiger charge is -2.20. The Kier molecular flexibility index (Phi) is 8.26. The van der Waals surface area contributed by atoms with Gasteiger partial charge in [-0.05, 0) is 18.8 Å². The minimum absolute atomic E-state index is 0.200. The first-order chi connectivity index (χ1) is 7.51. The molecule has 3 nitrogen and oxygen atoms in total. The molecule has 1 amide bonds. The van der Waals surface area contributed by atoms with Crippen molar-refractivity contribution < 1.29 is 4.79 Å².